The molecule has 2 aliphatic carbocycles. The molecule has 238 valence electrons. The average Bonchev–Trinajstić information content (AvgIpc) is 3.75. The number of nitrogens with one attached hydrogen (secondary N) is 2. The van der Waals surface area contributed by atoms with E-state index in [0.29, 0.717) is 18.0 Å². The van der Waals surface area contributed by atoms with Crippen molar-refractivity contribution in [2.24, 2.45) is 5.92 Å². The van der Waals surface area contributed by atoms with Crippen molar-refractivity contribution in [1.29, 1.82) is 0 Å². The molecular weight excluding hydrogens is 605 g/mol. The fourth-order valence-electron chi connectivity index (χ4n) is 7.47. The van der Waals surface area contributed by atoms with Crippen LogP contribution in [0.1, 0.15) is 91.7 Å². The first-order valence-corrected chi connectivity index (χ1v) is 18.3. The maximum atomic E-state index is 12.9. The van der Waals surface area contributed by atoms with Gasteiger partial charge in [-0.1, -0.05) is 53.2 Å². The fraction of sp³-hybridized carbons (Fsp3) is 0.457. The van der Waals surface area contributed by atoms with Crippen LogP contribution in [0.3, 0.4) is 0 Å². The number of quaternary nitrogens is 1. The summed E-state index contributed by atoms with van der Waals surface area (Å²) in [5, 5.41) is 14.6. The molecule has 1 unspecified atom stereocenters. The van der Waals surface area contributed by atoms with Crippen molar-refractivity contribution in [1.82, 2.24) is 10.3 Å². The maximum absolute atomic E-state index is 12.9. The van der Waals surface area contributed by atoms with Gasteiger partial charge in [0.15, 0.2) is 24.0 Å². The number of Topliss-reactive ketones (excluding diaryl/α,β-unsaturated/α-hetero) is 1. The summed E-state index contributed by atoms with van der Waals surface area (Å²) >= 11 is 0. The summed E-state index contributed by atoms with van der Waals surface area (Å²) in [6, 6.07) is 5.71. The van der Waals surface area contributed by atoms with Crippen LogP contribution in [0.2, 0.25) is 0 Å². The number of nitrogens with zero attached hydrogens (tertiary/aromatic N) is 1. The molecule has 10 heteroatoms. The summed E-state index contributed by atoms with van der Waals surface area (Å²) in [6.45, 7) is 3.03. The van der Waals surface area contributed by atoms with E-state index in [1.54, 1.807) is 18.2 Å². The minimum absolute atomic E-state index is 0.0222. The van der Waals surface area contributed by atoms with Gasteiger partial charge in [-0.05, 0) is 66.1 Å². The number of fused-ring (bicyclic) bond motifs is 7. The highest BCUT2D eigenvalue weighted by Crippen LogP contribution is 2.54. The number of nitrogens with two attached hydrogens (primary N) is 1. The van der Waals surface area contributed by atoms with Gasteiger partial charge in [0, 0.05) is 42.2 Å². The van der Waals surface area contributed by atoms with Crippen molar-refractivity contribution in [2.45, 2.75) is 80.2 Å². The van der Waals surface area contributed by atoms with Crippen LogP contribution < -0.4 is 20.7 Å². The Labute approximate surface area is 273 Å². The van der Waals surface area contributed by atoms with Gasteiger partial charge in [0.05, 0.1) is 25.0 Å². The van der Waals surface area contributed by atoms with Crippen molar-refractivity contribution in [2.75, 3.05) is 19.5 Å². The Morgan fingerprint density at radius 1 is 1.13 bits per heavy atom. The Balaban J connectivity index is 1.57. The number of benzene rings is 1. The number of ether oxygens (including phenoxy) is 1. The van der Waals surface area contributed by atoms with Crippen molar-refractivity contribution >= 4 is 45.0 Å². The number of rotatable bonds is 4. The van der Waals surface area contributed by atoms with Crippen LogP contribution in [0, 0.1) is 5.92 Å². The number of hydrogen-bond donors (Lipinski definition) is 4. The van der Waals surface area contributed by atoms with E-state index in [1.165, 1.54) is 30.9 Å². The number of phenols is 1. The van der Waals surface area contributed by atoms with Gasteiger partial charge in [0.2, 0.25) is 0 Å². The van der Waals surface area contributed by atoms with Gasteiger partial charge in [-0.3, -0.25) is 14.5 Å². The molecule has 6 rings (SSSR count). The number of hydrogen-bond acceptors (Lipinski definition) is 9. The molecule has 2 aromatic rings. The van der Waals surface area contributed by atoms with E-state index < -0.39 is 0 Å². The number of carbonyl (C=O) groups is 2. The molecule has 8 nitrogen and oxygen atoms in total. The molecule has 1 fully saturated rings. The van der Waals surface area contributed by atoms with Crippen LogP contribution in [0.4, 0.5) is 5.82 Å². The Kier molecular flexibility index (Phi) is 9.63. The van der Waals surface area contributed by atoms with Crippen molar-refractivity contribution in [3.05, 3.63) is 77.3 Å². The minimum atomic E-state index is -0.266. The lowest BCUT2D eigenvalue weighted by Crippen LogP contribution is -3.16. The number of aromatic hydroxyl groups is 1. The maximum Gasteiger partial charge on any atom is 0.163 e. The molecule has 0 saturated heterocycles. The summed E-state index contributed by atoms with van der Waals surface area (Å²) in [7, 11) is 5.30. The second-order valence-electron chi connectivity index (χ2n) is 12.6. The monoisotopic (exact) mass is 647 g/mol. The van der Waals surface area contributed by atoms with E-state index in [9.17, 15) is 14.7 Å². The summed E-state index contributed by atoms with van der Waals surface area (Å²) in [5.41, 5.74) is 10.3. The van der Waals surface area contributed by atoms with Crippen LogP contribution in [0.25, 0.3) is 6.08 Å². The van der Waals surface area contributed by atoms with Gasteiger partial charge in [-0.25, -0.2) is 4.98 Å². The van der Waals surface area contributed by atoms with Crippen molar-refractivity contribution < 1.29 is 24.3 Å². The first-order valence-electron chi connectivity index (χ1n) is 16.0. The molecular formula is C35H43N4O4S2+. The lowest BCUT2D eigenvalue weighted by atomic mass is 9.83. The van der Waals surface area contributed by atoms with Crippen LogP contribution in [0.5, 0.6) is 11.5 Å². The van der Waals surface area contributed by atoms with Crippen molar-refractivity contribution in [3.8, 4) is 11.5 Å². The normalized spacial score (nSPS) is 29.4. The van der Waals surface area contributed by atoms with E-state index >= 15 is 0 Å². The highest BCUT2D eigenvalue weighted by molar-refractivity contribution is 8.77. The van der Waals surface area contributed by atoms with Crippen molar-refractivity contribution in [3.63, 3.8) is 0 Å². The van der Waals surface area contributed by atoms with Gasteiger partial charge >= 0.3 is 0 Å². The first kappa shape index (κ1) is 31.8. The molecule has 1 aromatic carbocycles. The molecule has 0 radical (unpaired) electrons. The van der Waals surface area contributed by atoms with Gasteiger partial charge in [0.25, 0.3) is 0 Å². The second kappa shape index (κ2) is 13.6. The minimum Gasteiger partial charge on any atom is -0.504 e. The highest BCUT2D eigenvalue weighted by atomic mass is 33.1. The molecule has 5 N–H and O–H groups in total. The molecule has 0 amide bonds. The number of allylic oxidation sites excluding steroid dienone is 2. The number of pyridine rings is 1. The predicted octanol–water partition coefficient (Wildman–Crippen LogP) is 5.46. The van der Waals surface area contributed by atoms with Crippen LogP contribution in [0.15, 0.2) is 55.0 Å². The lowest BCUT2D eigenvalue weighted by Gasteiger charge is -2.41. The van der Waals surface area contributed by atoms with Gasteiger partial charge < -0.3 is 20.9 Å². The second-order valence-corrected chi connectivity index (χ2v) is 15.2. The summed E-state index contributed by atoms with van der Waals surface area (Å²) in [6.07, 6.45) is 20.4. The molecule has 4 bridgehead atoms. The number of anilines is 1. The Morgan fingerprint density at radius 3 is 2.69 bits per heavy atom. The summed E-state index contributed by atoms with van der Waals surface area (Å²) in [5.74, 6) is 0.607. The van der Waals surface area contributed by atoms with Gasteiger partial charge in [-0.2, -0.15) is 0 Å². The lowest BCUT2D eigenvalue weighted by molar-refractivity contribution is -0.900. The molecule has 0 spiro atoms. The molecule has 1 aromatic heterocycles. The average molecular weight is 648 g/mol. The third kappa shape index (κ3) is 6.42. The smallest absolute Gasteiger partial charge is 0.163 e. The molecule has 4 aliphatic rings. The molecule has 3 heterocycles. The zero-order chi connectivity index (χ0) is 31.6. The number of methoxy groups -OCH3 is 1. The number of nitrogen functional groups attached to an aromatic ring is 1. The number of ketones is 2. The molecule has 5 atom stereocenters. The van der Waals surface area contributed by atoms with E-state index in [2.05, 4.69) is 42.9 Å². The highest BCUT2D eigenvalue weighted by Gasteiger charge is 2.52. The topological polar surface area (TPSA) is 119 Å². The molecule has 45 heavy (non-hydrogen) atoms. The van der Waals surface area contributed by atoms with Crippen LogP contribution >= 0.6 is 21.6 Å². The first-order chi connectivity index (χ1) is 21.8. The Morgan fingerprint density at radius 2 is 1.96 bits per heavy atom. The third-order valence-corrected chi connectivity index (χ3v) is 13.4. The SMILES string of the molecule is CC[C@H]1CCC(=O)CC(=O)/C=C/c2cc(OC)c(O)cc2[C@@H]2/C=C\[C@H]1SS[C@@H](C1([NH+]3C=CNC3)CCCC1)c1cc2cnc1N. The summed E-state index contributed by atoms with van der Waals surface area (Å²) < 4.78 is 5.45. The van der Waals surface area contributed by atoms with E-state index in [1.807, 2.05) is 27.8 Å². The standard InChI is InChI=1S/C35H42N4O4S2/c1-3-22-6-8-25(40)18-26(41)9-7-23-17-31(43-2)30(42)19-28(23)27-10-11-32(22)44-45-33(29-16-24(27)20-38-34(29)36)35(12-4-5-13-35)39-15-14-37-21-39/h7,9-11,14-17,19-20,22,27,32-33,37,42H,3-6,8,12-13,18,21H2,1-2H3,(H2,36,38)/p+1/b9-7+,11-10-/t22-,27+,32+,33+/m0/s1. The zero-order valence-electron chi connectivity index (χ0n) is 26.0. The third-order valence-electron chi connectivity index (χ3n) is 10.0. The van der Waals surface area contributed by atoms with E-state index in [0.717, 1.165) is 54.6 Å². The van der Waals surface area contributed by atoms with Crippen LogP contribution in [-0.2, 0) is 9.59 Å². The number of aromatic nitrogens is 1. The van der Waals surface area contributed by atoms with Gasteiger partial charge in [-0.15, -0.1) is 0 Å². The predicted molar refractivity (Wildman–Crippen MR) is 182 cm³/mol. The number of carbonyl (C=O) groups excluding carboxylic acids is 2. The van der Waals surface area contributed by atoms with Gasteiger partial charge in [0.1, 0.15) is 23.3 Å². The fourth-order valence-corrected chi connectivity index (χ4v) is 11.5. The largest absolute Gasteiger partial charge is 0.504 e. The van der Waals surface area contributed by atoms with E-state index in [4.69, 9.17) is 15.5 Å². The number of phenolic OH excluding ortho intramolecular Hbond substituents is 1. The molecule has 2 aliphatic heterocycles. The molecule has 1 saturated carbocycles. The Hall–Kier alpha value is -3.21. The zero-order valence-corrected chi connectivity index (χ0v) is 27.6. The quantitative estimate of drug-likeness (QED) is 0.195. The van der Waals surface area contributed by atoms with Crippen LogP contribution in [-0.4, -0.2) is 46.2 Å². The Bertz CT molecular complexity index is 1530. The summed E-state index contributed by atoms with van der Waals surface area (Å²) in [4.78, 5) is 32.0. The van der Waals surface area contributed by atoms with E-state index in [-0.39, 0.29) is 51.6 Å².